The smallest absolute Gasteiger partial charge is 0.328 e. The van der Waals surface area contributed by atoms with E-state index < -0.39 is 12.0 Å². The number of amides is 1. The Hall–Kier alpha value is -1.92. The van der Waals surface area contributed by atoms with Gasteiger partial charge in [-0.1, -0.05) is 24.3 Å². The van der Waals surface area contributed by atoms with Crippen LogP contribution in [-0.4, -0.2) is 54.3 Å². The van der Waals surface area contributed by atoms with Gasteiger partial charge in [-0.05, 0) is 17.5 Å². The maximum Gasteiger partial charge on any atom is 0.328 e. The van der Waals surface area contributed by atoms with Crippen molar-refractivity contribution in [2.75, 3.05) is 26.4 Å². The Morgan fingerprint density at radius 2 is 2.09 bits per heavy atom. The van der Waals surface area contributed by atoms with Gasteiger partial charge in [0.15, 0.2) is 6.04 Å². The molecule has 2 heterocycles. The number of aliphatic carboxylic acids is 1. The Kier molecular flexibility index (Phi) is 4.40. The summed E-state index contributed by atoms with van der Waals surface area (Å²) in [7, 11) is 0. The minimum absolute atomic E-state index is 0.0448. The van der Waals surface area contributed by atoms with E-state index in [0.29, 0.717) is 19.8 Å². The third-order valence-electron chi connectivity index (χ3n) is 4.19. The summed E-state index contributed by atoms with van der Waals surface area (Å²) in [6.45, 7) is 1.31. The molecule has 0 radical (unpaired) electrons. The standard InChI is InChI=1S/C16H19NO5/c18-15(17-6-8-21-10-13(17)16(19)20)9-14-12-4-2-1-3-11(12)5-7-22-14/h1-4,13-14H,5-10H2,(H,19,20)/t13-,14-/m1/s1. The van der Waals surface area contributed by atoms with Gasteiger partial charge in [-0.25, -0.2) is 4.79 Å². The lowest BCUT2D eigenvalue weighted by Crippen LogP contribution is -2.52. The molecule has 6 nitrogen and oxygen atoms in total. The Bertz CT molecular complexity index is 573. The molecule has 0 bridgehead atoms. The van der Waals surface area contributed by atoms with Gasteiger partial charge in [0, 0.05) is 6.54 Å². The van der Waals surface area contributed by atoms with Crippen molar-refractivity contribution in [1.29, 1.82) is 0 Å². The number of fused-ring (bicyclic) bond motifs is 1. The normalized spacial score (nSPS) is 24.6. The Balaban J connectivity index is 1.73. The van der Waals surface area contributed by atoms with Crippen molar-refractivity contribution in [3.8, 4) is 0 Å². The third-order valence-corrected chi connectivity index (χ3v) is 4.19. The van der Waals surface area contributed by atoms with E-state index in [-0.39, 0.29) is 25.0 Å². The summed E-state index contributed by atoms with van der Waals surface area (Å²) < 4.78 is 10.9. The first-order valence-electron chi connectivity index (χ1n) is 7.46. The summed E-state index contributed by atoms with van der Waals surface area (Å²) in [6, 6.07) is 7.02. The number of hydrogen-bond acceptors (Lipinski definition) is 4. The molecule has 1 N–H and O–H groups in total. The van der Waals surface area contributed by atoms with Crippen LogP contribution < -0.4 is 0 Å². The summed E-state index contributed by atoms with van der Waals surface area (Å²) in [5.41, 5.74) is 2.23. The molecule has 2 aliphatic rings. The van der Waals surface area contributed by atoms with Gasteiger partial charge < -0.3 is 19.5 Å². The number of morpholine rings is 1. The van der Waals surface area contributed by atoms with Crippen molar-refractivity contribution in [3.05, 3.63) is 35.4 Å². The van der Waals surface area contributed by atoms with Crippen LogP contribution in [0.15, 0.2) is 24.3 Å². The first-order valence-corrected chi connectivity index (χ1v) is 7.46. The molecule has 1 fully saturated rings. The maximum atomic E-state index is 12.5. The van der Waals surface area contributed by atoms with Gasteiger partial charge in [-0.2, -0.15) is 0 Å². The number of nitrogens with zero attached hydrogens (tertiary/aromatic N) is 1. The SMILES string of the molecule is O=C(O)[C@H]1COCCN1C(=O)C[C@H]1OCCc2ccccc21. The highest BCUT2D eigenvalue weighted by Crippen LogP contribution is 2.30. The van der Waals surface area contributed by atoms with Crippen LogP contribution in [0.3, 0.4) is 0 Å². The quantitative estimate of drug-likeness (QED) is 0.901. The second-order valence-corrected chi connectivity index (χ2v) is 5.53. The van der Waals surface area contributed by atoms with Gasteiger partial charge in [0.05, 0.1) is 32.3 Å². The minimum atomic E-state index is -1.03. The molecule has 0 unspecified atom stereocenters. The number of carboxylic acids is 1. The van der Waals surface area contributed by atoms with Gasteiger partial charge in [0.1, 0.15) is 0 Å². The first kappa shape index (κ1) is 15.0. The summed E-state index contributed by atoms with van der Waals surface area (Å²) in [6.07, 6.45) is 0.714. The number of carbonyl (C=O) groups excluding carboxylic acids is 1. The molecule has 6 heteroatoms. The Morgan fingerprint density at radius 1 is 1.27 bits per heavy atom. The van der Waals surface area contributed by atoms with E-state index >= 15 is 0 Å². The van der Waals surface area contributed by atoms with Crippen LogP contribution in [0.4, 0.5) is 0 Å². The van der Waals surface area contributed by atoms with E-state index in [1.165, 1.54) is 10.5 Å². The molecule has 1 aromatic rings. The van der Waals surface area contributed by atoms with E-state index in [1.54, 1.807) is 0 Å². The Labute approximate surface area is 128 Å². The molecule has 0 spiro atoms. The van der Waals surface area contributed by atoms with Gasteiger partial charge >= 0.3 is 5.97 Å². The lowest BCUT2D eigenvalue weighted by atomic mass is 9.95. The highest BCUT2D eigenvalue weighted by Gasteiger charge is 2.34. The van der Waals surface area contributed by atoms with Crippen molar-refractivity contribution in [1.82, 2.24) is 4.90 Å². The number of hydrogen-bond donors (Lipinski definition) is 1. The fraction of sp³-hybridized carbons (Fsp3) is 0.500. The molecule has 118 valence electrons. The summed E-state index contributed by atoms with van der Waals surface area (Å²) in [4.78, 5) is 25.2. The number of rotatable bonds is 3. The van der Waals surface area contributed by atoms with Crippen molar-refractivity contribution in [3.63, 3.8) is 0 Å². The van der Waals surface area contributed by atoms with E-state index in [0.717, 1.165) is 12.0 Å². The fourth-order valence-corrected chi connectivity index (χ4v) is 3.03. The molecule has 2 atom stereocenters. The first-order chi connectivity index (χ1) is 10.7. The van der Waals surface area contributed by atoms with Crippen LogP contribution in [0.2, 0.25) is 0 Å². The summed E-state index contributed by atoms with van der Waals surface area (Å²) in [5.74, 6) is -1.23. The average molecular weight is 305 g/mol. The summed E-state index contributed by atoms with van der Waals surface area (Å²) in [5, 5.41) is 9.22. The number of carboxylic acid groups (broad SMARTS) is 1. The van der Waals surface area contributed by atoms with Gasteiger partial charge in [0.2, 0.25) is 5.91 Å². The molecule has 1 aromatic carbocycles. The average Bonchev–Trinajstić information content (AvgIpc) is 2.55. The molecule has 0 aromatic heterocycles. The van der Waals surface area contributed by atoms with Crippen molar-refractivity contribution in [2.24, 2.45) is 0 Å². The lowest BCUT2D eigenvalue weighted by molar-refractivity contribution is -0.159. The molecule has 0 aliphatic carbocycles. The highest BCUT2D eigenvalue weighted by atomic mass is 16.5. The monoisotopic (exact) mass is 305 g/mol. The second kappa shape index (κ2) is 6.46. The molecular weight excluding hydrogens is 286 g/mol. The number of carbonyl (C=O) groups is 2. The topological polar surface area (TPSA) is 76.1 Å². The van der Waals surface area contributed by atoms with Crippen LogP contribution in [0.1, 0.15) is 23.7 Å². The zero-order valence-corrected chi connectivity index (χ0v) is 12.2. The molecule has 2 aliphatic heterocycles. The van der Waals surface area contributed by atoms with Crippen LogP contribution in [-0.2, 0) is 25.5 Å². The van der Waals surface area contributed by atoms with Crippen molar-refractivity contribution < 1.29 is 24.2 Å². The van der Waals surface area contributed by atoms with E-state index in [4.69, 9.17) is 9.47 Å². The molecule has 1 saturated heterocycles. The minimum Gasteiger partial charge on any atom is -0.480 e. The highest BCUT2D eigenvalue weighted by molar-refractivity contribution is 5.84. The zero-order chi connectivity index (χ0) is 15.5. The van der Waals surface area contributed by atoms with Crippen molar-refractivity contribution >= 4 is 11.9 Å². The van der Waals surface area contributed by atoms with E-state index in [1.807, 2.05) is 24.3 Å². The zero-order valence-electron chi connectivity index (χ0n) is 12.2. The van der Waals surface area contributed by atoms with Crippen LogP contribution in [0.5, 0.6) is 0 Å². The predicted octanol–water partition coefficient (Wildman–Crippen LogP) is 1.00. The number of benzene rings is 1. The van der Waals surface area contributed by atoms with Gasteiger partial charge in [-0.3, -0.25) is 4.79 Å². The molecule has 0 saturated carbocycles. The lowest BCUT2D eigenvalue weighted by Gasteiger charge is -2.34. The van der Waals surface area contributed by atoms with Crippen molar-refractivity contribution in [2.45, 2.75) is 25.0 Å². The largest absolute Gasteiger partial charge is 0.480 e. The van der Waals surface area contributed by atoms with Gasteiger partial charge in [-0.15, -0.1) is 0 Å². The third kappa shape index (κ3) is 2.98. The second-order valence-electron chi connectivity index (χ2n) is 5.53. The van der Waals surface area contributed by atoms with E-state index in [2.05, 4.69) is 0 Å². The van der Waals surface area contributed by atoms with Crippen LogP contribution >= 0.6 is 0 Å². The van der Waals surface area contributed by atoms with E-state index in [9.17, 15) is 14.7 Å². The predicted molar refractivity (Wildman–Crippen MR) is 77.4 cm³/mol. The van der Waals surface area contributed by atoms with Crippen LogP contribution in [0, 0.1) is 0 Å². The summed E-state index contributed by atoms with van der Waals surface area (Å²) >= 11 is 0. The van der Waals surface area contributed by atoms with Crippen LogP contribution in [0.25, 0.3) is 0 Å². The molecular formula is C16H19NO5. The molecule has 22 heavy (non-hydrogen) atoms. The molecule has 1 amide bonds. The number of ether oxygens (including phenoxy) is 2. The Morgan fingerprint density at radius 3 is 2.91 bits per heavy atom. The van der Waals surface area contributed by atoms with Gasteiger partial charge in [0.25, 0.3) is 0 Å². The molecule has 3 rings (SSSR count). The maximum absolute atomic E-state index is 12.5. The fourth-order valence-electron chi connectivity index (χ4n) is 3.03.